The normalized spacial score (nSPS) is 17.2. The highest BCUT2D eigenvalue weighted by molar-refractivity contribution is 6.04. The molecule has 2 aromatic carbocycles. The molecule has 130 valence electrons. The Labute approximate surface area is 148 Å². The summed E-state index contributed by atoms with van der Waals surface area (Å²) in [6.45, 7) is 1.53. The SMILES string of the molecule is CNC1CCCN(C(=O)c2ccc(NC(=O)c3ccccc3)cc2)C1. The lowest BCUT2D eigenvalue weighted by molar-refractivity contribution is 0.0698. The molecule has 0 saturated carbocycles. The minimum atomic E-state index is -0.160. The van der Waals surface area contributed by atoms with Crippen molar-refractivity contribution in [3.8, 4) is 0 Å². The number of amides is 2. The van der Waals surface area contributed by atoms with E-state index < -0.39 is 0 Å². The fourth-order valence-electron chi connectivity index (χ4n) is 3.07. The minimum absolute atomic E-state index is 0.0425. The molecule has 0 bridgehead atoms. The molecule has 1 aliphatic heterocycles. The number of carbonyl (C=O) groups excluding carboxylic acids is 2. The van der Waals surface area contributed by atoms with Gasteiger partial charge in [0.05, 0.1) is 0 Å². The number of piperidine rings is 1. The van der Waals surface area contributed by atoms with Gasteiger partial charge >= 0.3 is 0 Å². The maximum atomic E-state index is 12.6. The van der Waals surface area contributed by atoms with Crippen molar-refractivity contribution < 1.29 is 9.59 Å². The van der Waals surface area contributed by atoms with Gasteiger partial charge in [0.25, 0.3) is 11.8 Å². The molecular weight excluding hydrogens is 314 g/mol. The van der Waals surface area contributed by atoms with Crippen LogP contribution in [0.1, 0.15) is 33.6 Å². The van der Waals surface area contributed by atoms with Crippen molar-refractivity contribution in [2.75, 3.05) is 25.5 Å². The molecule has 1 unspecified atom stereocenters. The van der Waals surface area contributed by atoms with Crippen molar-refractivity contribution in [3.63, 3.8) is 0 Å². The van der Waals surface area contributed by atoms with Crippen LogP contribution in [0.15, 0.2) is 54.6 Å². The summed E-state index contributed by atoms with van der Waals surface area (Å²) in [4.78, 5) is 26.7. The molecule has 2 amide bonds. The number of likely N-dealkylation sites (N-methyl/N-ethyl adjacent to an activating group) is 1. The summed E-state index contributed by atoms with van der Waals surface area (Å²) in [5, 5.41) is 6.09. The lowest BCUT2D eigenvalue weighted by atomic mass is 10.0. The smallest absolute Gasteiger partial charge is 0.255 e. The van der Waals surface area contributed by atoms with E-state index in [-0.39, 0.29) is 11.8 Å². The molecule has 1 atom stereocenters. The van der Waals surface area contributed by atoms with Crippen LogP contribution in [0.2, 0.25) is 0 Å². The Kier molecular flexibility index (Phi) is 5.46. The van der Waals surface area contributed by atoms with Gasteiger partial charge in [-0.15, -0.1) is 0 Å². The van der Waals surface area contributed by atoms with E-state index in [1.807, 2.05) is 30.1 Å². The summed E-state index contributed by atoms with van der Waals surface area (Å²) in [7, 11) is 1.93. The van der Waals surface area contributed by atoms with Crippen LogP contribution in [0.25, 0.3) is 0 Å². The van der Waals surface area contributed by atoms with Crippen LogP contribution in [0.3, 0.4) is 0 Å². The Bertz CT molecular complexity index is 728. The largest absolute Gasteiger partial charge is 0.337 e. The first kappa shape index (κ1) is 17.2. The van der Waals surface area contributed by atoms with Crippen LogP contribution >= 0.6 is 0 Å². The molecule has 0 aliphatic carbocycles. The average molecular weight is 337 g/mol. The molecule has 0 aromatic heterocycles. The Balaban J connectivity index is 1.64. The van der Waals surface area contributed by atoms with Crippen molar-refractivity contribution in [2.24, 2.45) is 0 Å². The molecule has 1 heterocycles. The van der Waals surface area contributed by atoms with Crippen molar-refractivity contribution in [1.29, 1.82) is 0 Å². The van der Waals surface area contributed by atoms with Gasteiger partial charge in [-0.1, -0.05) is 18.2 Å². The lowest BCUT2D eigenvalue weighted by Crippen LogP contribution is -2.46. The zero-order valence-corrected chi connectivity index (χ0v) is 14.4. The predicted octanol–water partition coefficient (Wildman–Crippen LogP) is 2.76. The first-order valence-electron chi connectivity index (χ1n) is 8.60. The molecule has 1 aliphatic rings. The van der Waals surface area contributed by atoms with Gasteiger partial charge in [0.15, 0.2) is 0 Å². The van der Waals surface area contributed by atoms with E-state index >= 15 is 0 Å². The third-order valence-electron chi connectivity index (χ3n) is 4.54. The van der Waals surface area contributed by atoms with E-state index in [0.717, 1.165) is 25.9 Å². The van der Waals surface area contributed by atoms with Crippen LogP contribution in [0.4, 0.5) is 5.69 Å². The highest BCUT2D eigenvalue weighted by Gasteiger charge is 2.23. The van der Waals surface area contributed by atoms with Gasteiger partial charge < -0.3 is 15.5 Å². The average Bonchev–Trinajstić information content (AvgIpc) is 2.68. The molecule has 25 heavy (non-hydrogen) atoms. The minimum Gasteiger partial charge on any atom is -0.337 e. The van der Waals surface area contributed by atoms with Crippen molar-refractivity contribution in [3.05, 3.63) is 65.7 Å². The number of hydrogen-bond donors (Lipinski definition) is 2. The summed E-state index contributed by atoms with van der Waals surface area (Å²) < 4.78 is 0. The first-order chi connectivity index (χ1) is 12.2. The number of anilines is 1. The second kappa shape index (κ2) is 7.94. The maximum Gasteiger partial charge on any atom is 0.255 e. The van der Waals surface area contributed by atoms with E-state index in [2.05, 4.69) is 10.6 Å². The van der Waals surface area contributed by atoms with E-state index in [0.29, 0.717) is 22.9 Å². The third-order valence-corrected chi connectivity index (χ3v) is 4.54. The van der Waals surface area contributed by atoms with Crippen LogP contribution in [-0.2, 0) is 0 Å². The molecule has 0 radical (unpaired) electrons. The molecule has 1 saturated heterocycles. The molecule has 2 aromatic rings. The number of nitrogens with zero attached hydrogens (tertiary/aromatic N) is 1. The first-order valence-corrected chi connectivity index (χ1v) is 8.60. The Morgan fingerprint density at radius 1 is 1.00 bits per heavy atom. The highest BCUT2D eigenvalue weighted by Crippen LogP contribution is 2.16. The number of hydrogen-bond acceptors (Lipinski definition) is 3. The van der Waals surface area contributed by atoms with Gasteiger partial charge in [-0.05, 0) is 56.3 Å². The van der Waals surface area contributed by atoms with Gasteiger partial charge in [-0.25, -0.2) is 0 Å². The number of carbonyl (C=O) groups is 2. The summed E-state index contributed by atoms with van der Waals surface area (Å²) >= 11 is 0. The number of nitrogens with one attached hydrogen (secondary N) is 2. The fraction of sp³-hybridized carbons (Fsp3) is 0.300. The molecule has 0 spiro atoms. The van der Waals surface area contributed by atoms with Crippen molar-refractivity contribution >= 4 is 17.5 Å². The van der Waals surface area contributed by atoms with Crippen molar-refractivity contribution in [2.45, 2.75) is 18.9 Å². The second-order valence-electron chi connectivity index (χ2n) is 6.28. The van der Waals surface area contributed by atoms with Gasteiger partial charge in [-0.2, -0.15) is 0 Å². The Morgan fingerprint density at radius 2 is 1.72 bits per heavy atom. The Morgan fingerprint density at radius 3 is 2.40 bits per heavy atom. The molecule has 5 heteroatoms. The molecular formula is C20H23N3O2. The summed E-state index contributed by atoms with van der Waals surface area (Å²) in [5.74, 6) is -0.117. The van der Waals surface area contributed by atoms with Crippen molar-refractivity contribution in [1.82, 2.24) is 10.2 Å². The van der Waals surface area contributed by atoms with Gasteiger partial charge in [-0.3, -0.25) is 9.59 Å². The van der Waals surface area contributed by atoms with E-state index in [1.54, 1.807) is 36.4 Å². The maximum absolute atomic E-state index is 12.6. The summed E-state index contributed by atoms with van der Waals surface area (Å²) in [6, 6.07) is 16.5. The predicted molar refractivity (Wildman–Crippen MR) is 98.8 cm³/mol. The standard InChI is InChI=1S/C20H23N3O2/c1-21-18-8-5-13-23(14-18)20(25)16-9-11-17(12-10-16)22-19(24)15-6-3-2-4-7-15/h2-4,6-7,9-12,18,21H,5,8,13-14H2,1H3,(H,22,24). The zero-order chi connectivity index (χ0) is 17.6. The van der Waals surface area contributed by atoms with Gasteiger partial charge in [0.1, 0.15) is 0 Å². The fourth-order valence-corrected chi connectivity index (χ4v) is 3.07. The molecule has 5 nitrogen and oxygen atoms in total. The van der Waals surface area contributed by atoms with E-state index in [4.69, 9.17) is 0 Å². The zero-order valence-electron chi connectivity index (χ0n) is 14.4. The molecule has 1 fully saturated rings. The third kappa shape index (κ3) is 4.25. The molecule has 2 N–H and O–H groups in total. The quantitative estimate of drug-likeness (QED) is 0.902. The van der Waals surface area contributed by atoms with Crippen LogP contribution in [0.5, 0.6) is 0 Å². The monoisotopic (exact) mass is 337 g/mol. The molecule has 3 rings (SSSR count). The number of likely N-dealkylation sites (tertiary alicyclic amines) is 1. The number of rotatable bonds is 4. The summed E-state index contributed by atoms with van der Waals surface area (Å²) in [6.07, 6.45) is 2.12. The van der Waals surface area contributed by atoms with Gasteiger partial charge in [0.2, 0.25) is 0 Å². The van der Waals surface area contributed by atoms with Crippen LogP contribution in [-0.4, -0.2) is 42.9 Å². The second-order valence-corrected chi connectivity index (χ2v) is 6.28. The van der Waals surface area contributed by atoms with E-state index in [1.165, 1.54) is 0 Å². The van der Waals surface area contributed by atoms with Crippen LogP contribution in [0, 0.1) is 0 Å². The topological polar surface area (TPSA) is 61.4 Å². The lowest BCUT2D eigenvalue weighted by Gasteiger charge is -2.32. The van der Waals surface area contributed by atoms with E-state index in [9.17, 15) is 9.59 Å². The number of benzene rings is 2. The Hall–Kier alpha value is -2.66. The highest BCUT2D eigenvalue weighted by atomic mass is 16.2. The van der Waals surface area contributed by atoms with Gasteiger partial charge in [0, 0.05) is 35.9 Å². The van der Waals surface area contributed by atoms with Crippen LogP contribution < -0.4 is 10.6 Å². The summed E-state index contributed by atoms with van der Waals surface area (Å²) in [5.41, 5.74) is 1.93.